The van der Waals surface area contributed by atoms with Crippen molar-refractivity contribution in [3.63, 3.8) is 0 Å². The van der Waals surface area contributed by atoms with Crippen molar-refractivity contribution in [3.8, 4) is 0 Å². The number of H-pyrrole nitrogens is 1. The van der Waals surface area contributed by atoms with Crippen molar-refractivity contribution in [2.45, 2.75) is 32.1 Å². The number of aromatic amines is 1. The van der Waals surface area contributed by atoms with Crippen LogP contribution >= 0.6 is 24.0 Å². The lowest BCUT2D eigenvalue weighted by Crippen LogP contribution is -2.41. The van der Waals surface area contributed by atoms with Crippen molar-refractivity contribution in [1.82, 2.24) is 15.6 Å². The summed E-state index contributed by atoms with van der Waals surface area (Å²) < 4.78 is 0. The molecule has 4 rings (SSSR count). The highest BCUT2D eigenvalue weighted by molar-refractivity contribution is 14.0. The number of nitrogens with one attached hydrogen (secondary N) is 3. The van der Waals surface area contributed by atoms with Gasteiger partial charge in [-0.15, -0.1) is 24.0 Å². The monoisotopic (exact) mass is 438 g/mol. The normalized spacial score (nSPS) is 19.0. The number of fused-ring (bicyclic) bond motifs is 1. The van der Waals surface area contributed by atoms with Gasteiger partial charge in [0.25, 0.3) is 0 Å². The van der Waals surface area contributed by atoms with Gasteiger partial charge in [-0.2, -0.15) is 0 Å². The Balaban J connectivity index is 0.00000169. The lowest BCUT2D eigenvalue weighted by Gasteiger charge is -2.18. The van der Waals surface area contributed by atoms with Crippen molar-refractivity contribution in [3.05, 3.63) is 36.0 Å². The van der Waals surface area contributed by atoms with Gasteiger partial charge in [-0.3, -0.25) is 4.99 Å². The molecule has 1 aromatic carbocycles. The quantitative estimate of drug-likeness (QED) is 0.366. The van der Waals surface area contributed by atoms with E-state index in [4.69, 9.17) is 0 Å². The topological polar surface area (TPSA) is 52.2 Å². The molecule has 2 saturated carbocycles. The van der Waals surface area contributed by atoms with Crippen LogP contribution in [0.5, 0.6) is 0 Å². The van der Waals surface area contributed by atoms with Gasteiger partial charge >= 0.3 is 0 Å². The molecule has 1 aromatic heterocycles. The van der Waals surface area contributed by atoms with Crippen LogP contribution in [0.4, 0.5) is 0 Å². The van der Waals surface area contributed by atoms with Crippen LogP contribution in [0.25, 0.3) is 10.9 Å². The van der Waals surface area contributed by atoms with E-state index < -0.39 is 0 Å². The van der Waals surface area contributed by atoms with Crippen LogP contribution in [0, 0.1) is 11.3 Å². The van der Waals surface area contributed by atoms with Crippen LogP contribution in [0.2, 0.25) is 0 Å². The molecular weight excluding hydrogens is 411 g/mol. The molecule has 0 unspecified atom stereocenters. The molecule has 2 fully saturated rings. The van der Waals surface area contributed by atoms with Gasteiger partial charge in [0, 0.05) is 37.2 Å². The molecule has 0 spiro atoms. The Morgan fingerprint density at radius 1 is 1.25 bits per heavy atom. The van der Waals surface area contributed by atoms with Crippen molar-refractivity contribution in [2.24, 2.45) is 16.3 Å². The van der Waals surface area contributed by atoms with Crippen molar-refractivity contribution < 1.29 is 0 Å². The zero-order valence-electron chi connectivity index (χ0n) is 14.3. The number of para-hydroxylation sites is 1. The molecule has 0 aliphatic heterocycles. The Morgan fingerprint density at radius 2 is 2.04 bits per heavy atom. The number of hydrogen-bond donors (Lipinski definition) is 3. The summed E-state index contributed by atoms with van der Waals surface area (Å²) in [5.41, 5.74) is 3.18. The third-order valence-electron chi connectivity index (χ3n) is 5.53. The Labute approximate surface area is 160 Å². The van der Waals surface area contributed by atoms with Gasteiger partial charge in [-0.05, 0) is 55.1 Å². The van der Waals surface area contributed by atoms with Crippen molar-refractivity contribution in [1.29, 1.82) is 0 Å². The molecule has 2 aliphatic rings. The van der Waals surface area contributed by atoms with Gasteiger partial charge in [-0.25, -0.2) is 0 Å². The third kappa shape index (κ3) is 3.71. The SMILES string of the molecule is CN=C(NCCc1c[nH]c2ccccc12)NCC1(C2CC2)CC1.I. The van der Waals surface area contributed by atoms with E-state index in [1.165, 1.54) is 42.1 Å². The Hall–Kier alpha value is -1.24. The molecule has 3 N–H and O–H groups in total. The molecule has 1 heterocycles. The molecule has 5 heteroatoms. The summed E-state index contributed by atoms with van der Waals surface area (Å²) in [6.45, 7) is 1.99. The van der Waals surface area contributed by atoms with Crippen LogP contribution in [0.1, 0.15) is 31.2 Å². The largest absolute Gasteiger partial charge is 0.361 e. The fraction of sp³-hybridized carbons (Fsp3) is 0.526. The maximum absolute atomic E-state index is 4.37. The number of aromatic nitrogens is 1. The molecule has 0 radical (unpaired) electrons. The molecule has 0 amide bonds. The maximum Gasteiger partial charge on any atom is 0.191 e. The number of halogens is 1. The van der Waals surface area contributed by atoms with E-state index in [0.717, 1.165) is 31.4 Å². The van der Waals surface area contributed by atoms with Crippen LogP contribution < -0.4 is 10.6 Å². The first-order chi connectivity index (χ1) is 11.3. The van der Waals surface area contributed by atoms with Crippen molar-refractivity contribution in [2.75, 3.05) is 20.1 Å². The number of aliphatic imine (C=N–C) groups is 1. The first-order valence-electron chi connectivity index (χ1n) is 8.80. The standard InChI is InChI=1S/C19H26N4.HI/c1-20-18(23-13-19(9-10-19)15-6-7-15)21-11-8-14-12-22-17-5-3-2-4-16(14)17;/h2-5,12,15,22H,6-11,13H2,1H3,(H2,20,21,23);1H. The lowest BCUT2D eigenvalue weighted by atomic mass is 10.0. The first kappa shape index (κ1) is 17.6. The van der Waals surface area contributed by atoms with Gasteiger partial charge in [0.1, 0.15) is 0 Å². The minimum Gasteiger partial charge on any atom is -0.361 e. The first-order valence-corrected chi connectivity index (χ1v) is 8.80. The fourth-order valence-electron chi connectivity index (χ4n) is 3.72. The number of nitrogens with zero attached hydrogens (tertiary/aromatic N) is 1. The van der Waals surface area contributed by atoms with Gasteiger partial charge in [0.15, 0.2) is 5.96 Å². The Morgan fingerprint density at radius 3 is 2.75 bits per heavy atom. The summed E-state index contributed by atoms with van der Waals surface area (Å²) in [6.07, 6.45) is 8.80. The average Bonchev–Trinajstić information content (AvgIpc) is 3.48. The Bertz CT molecular complexity index is 713. The van der Waals surface area contributed by atoms with Gasteiger partial charge in [0.05, 0.1) is 0 Å². The predicted molar refractivity (Wildman–Crippen MR) is 111 cm³/mol. The summed E-state index contributed by atoms with van der Waals surface area (Å²) in [4.78, 5) is 7.71. The zero-order chi connectivity index (χ0) is 15.7. The molecule has 130 valence electrons. The van der Waals surface area contributed by atoms with Gasteiger partial charge in [-0.1, -0.05) is 18.2 Å². The minimum atomic E-state index is 0. The van der Waals surface area contributed by atoms with Gasteiger partial charge in [0.2, 0.25) is 0 Å². The predicted octanol–water partition coefficient (Wildman–Crippen LogP) is 3.68. The summed E-state index contributed by atoms with van der Waals surface area (Å²) >= 11 is 0. The average molecular weight is 438 g/mol. The number of hydrogen-bond acceptors (Lipinski definition) is 1. The van der Waals surface area contributed by atoms with E-state index in [0.29, 0.717) is 5.41 Å². The third-order valence-corrected chi connectivity index (χ3v) is 5.53. The highest BCUT2D eigenvalue weighted by atomic mass is 127. The summed E-state index contributed by atoms with van der Waals surface area (Å²) in [5, 5.41) is 8.32. The van der Waals surface area contributed by atoms with Crippen LogP contribution in [0.15, 0.2) is 35.5 Å². The van der Waals surface area contributed by atoms with E-state index in [2.05, 4.69) is 51.1 Å². The van der Waals surface area contributed by atoms with E-state index in [1.54, 1.807) is 0 Å². The Kier molecular flexibility index (Phi) is 5.37. The van der Waals surface area contributed by atoms with E-state index >= 15 is 0 Å². The molecule has 0 bridgehead atoms. The molecule has 2 aromatic rings. The number of rotatable bonds is 6. The zero-order valence-corrected chi connectivity index (χ0v) is 16.6. The second-order valence-corrected chi connectivity index (χ2v) is 7.10. The fourth-order valence-corrected chi connectivity index (χ4v) is 3.72. The van der Waals surface area contributed by atoms with Crippen LogP contribution in [-0.4, -0.2) is 31.1 Å². The number of benzene rings is 1. The van der Waals surface area contributed by atoms with Gasteiger partial charge < -0.3 is 15.6 Å². The van der Waals surface area contributed by atoms with E-state index in [9.17, 15) is 0 Å². The van der Waals surface area contributed by atoms with E-state index in [-0.39, 0.29) is 24.0 Å². The molecule has 4 nitrogen and oxygen atoms in total. The molecule has 0 saturated heterocycles. The smallest absolute Gasteiger partial charge is 0.191 e. The van der Waals surface area contributed by atoms with Crippen LogP contribution in [0.3, 0.4) is 0 Å². The maximum atomic E-state index is 4.37. The summed E-state index contributed by atoms with van der Waals surface area (Å²) in [7, 11) is 1.86. The second-order valence-electron chi connectivity index (χ2n) is 7.10. The van der Waals surface area contributed by atoms with Crippen molar-refractivity contribution >= 4 is 40.8 Å². The molecule has 2 aliphatic carbocycles. The highest BCUT2D eigenvalue weighted by Gasteiger charge is 2.53. The molecular formula is C19H27IN4. The highest BCUT2D eigenvalue weighted by Crippen LogP contribution is 2.60. The number of guanidine groups is 1. The van der Waals surface area contributed by atoms with Crippen LogP contribution in [-0.2, 0) is 6.42 Å². The lowest BCUT2D eigenvalue weighted by molar-refractivity contribution is 0.431. The summed E-state index contributed by atoms with van der Waals surface area (Å²) in [6, 6.07) is 8.47. The molecule has 0 atom stereocenters. The summed E-state index contributed by atoms with van der Waals surface area (Å²) in [5.74, 6) is 1.93. The molecule has 24 heavy (non-hydrogen) atoms. The van der Waals surface area contributed by atoms with E-state index in [1.807, 2.05) is 7.05 Å². The minimum absolute atomic E-state index is 0. The second kappa shape index (κ2) is 7.33.